The molecule has 0 N–H and O–H groups in total. The molecule has 2 aromatic heterocycles. The summed E-state index contributed by atoms with van der Waals surface area (Å²) in [6, 6.07) is 18.1. The highest BCUT2D eigenvalue weighted by Gasteiger charge is 2.26. The third-order valence-electron chi connectivity index (χ3n) is 4.51. The van der Waals surface area contributed by atoms with Crippen LogP contribution >= 0.6 is 27.3 Å². The van der Waals surface area contributed by atoms with Gasteiger partial charge in [0.2, 0.25) is 5.91 Å². The zero-order valence-electron chi connectivity index (χ0n) is 16.3. The lowest BCUT2D eigenvalue weighted by atomic mass is 10.2. The summed E-state index contributed by atoms with van der Waals surface area (Å²) in [7, 11) is -3.65. The Morgan fingerprint density at radius 2 is 1.81 bits per heavy atom. The second-order valence-corrected chi connectivity index (χ2v) is 11.0. The molecule has 1 amide bonds. The van der Waals surface area contributed by atoms with Gasteiger partial charge in [-0.2, -0.15) is 0 Å². The molecule has 0 radical (unpaired) electrons. The Morgan fingerprint density at radius 3 is 2.55 bits per heavy atom. The molecule has 0 saturated heterocycles. The minimum Gasteiger partial charge on any atom is -0.283 e. The molecular weight excluding hydrogens is 498 g/mol. The molecular formula is C22H18BrN3O3S2. The molecule has 0 saturated carbocycles. The van der Waals surface area contributed by atoms with Gasteiger partial charge in [0.1, 0.15) is 5.75 Å². The number of sulfone groups is 1. The molecule has 2 aromatic carbocycles. The van der Waals surface area contributed by atoms with Crippen molar-refractivity contribution in [3.8, 4) is 0 Å². The van der Waals surface area contributed by atoms with Crippen molar-refractivity contribution in [2.45, 2.75) is 12.3 Å². The van der Waals surface area contributed by atoms with E-state index in [4.69, 9.17) is 0 Å². The first kappa shape index (κ1) is 21.6. The molecule has 0 spiro atoms. The monoisotopic (exact) mass is 515 g/mol. The summed E-state index contributed by atoms with van der Waals surface area (Å²) in [6.07, 6.45) is 3.30. The second kappa shape index (κ2) is 9.25. The number of carbonyl (C=O) groups excluding carboxylic acids is 1. The average Bonchev–Trinajstić information content (AvgIpc) is 3.15. The molecule has 2 heterocycles. The van der Waals surface area contributed by atoms with Crippen LogP contribution in [0, 0.1) is 0 Å². The molecule has 0 fully saturated rings. The topological polar surface area (TPSA) is 80.2 Å². The van der Waals surface area contributed by atoms with Gasteiger partial charge >= 0.3 is 0 Å². The highest BCUT2D eigenvalue weighted by Crippen LogP contribution is 2.32. The number of fused-ring (bicyclic) bond motifs is 1. The number of halogens is 1. The van der Waals surface area contributed by atoms with Gasteiger partial charge in [0.05, 0.1) is 22.5 Å². The first-order chi connectivity index (χ1) is 14.9. The summed E-state index contributed by atoms with van der Waals surface area (Å²) in [5.74, 6) is -1.30. The third kappa shape index (κ3) is 5.55. The highest BCUT2D eigenvalue weighted by atomic mass is 79.9. The SMILES string of the molecule is O=C(CS(=O)(=O)Cc1ccccc1)N(Cc1cccnc1)c1nc2ccc(Br)cc2s1. The van der Waals surface area contributed by atoms with Crippen molar-refractivity contribution in [3.63, 3.8) is 0 Å². The summed E-state index contributed by atoms with van der Waals surface area (Å²) in [4.78, 5) is 23.3. The van der Waals surface area contributed by atoms with E-state index in [0.717, 1.165) is 20.3 Å². The number of carbonyl (C=O) groups is 1. The number of hydrogen-bond donors (Lipinski definition) is 0. The number of aromatic nitrogens is 2. The Morgan fingerprint density at radius 1 is 1.03 bits per heavy atom. The van der Waals surface area contributed by atoms with Gasteiger partial charge in [-0.25, -0.2) is 13.4 Å². The summed E-state index contributed by atoms with van der Waals surface area (Å²) in [6.45, 7) is 0.189. The molecule has 31 heavy (non-hydrogen) atoms. The maximum Gasteiger partial charge on any atom is 0.244 e. The predicted octanol–water partition coefficient (Wildman–Crippen LogP) is 4.60. The minimum atomic E-state index is -3.65. The van der Waals surface area contributed by atoms with Gasteiger partial charge in [-0.05, 0) is 35.4 Å². The molecule has 6 nitrogen and oxygen atoms in total. The Balaban J connectivity index is 1.63. The maximum atomic E-state index is 13.2. The molecule has 4 aromatic rings. The quantitative estimate of drug-likeness (QED) is 0.359. The van der Waals surface area contributed by atoms with Crippen molar-refractivity contribution in [3.05, 3.63) is 88.7 Å². The van der Waals surface area contributed by atoms with Crippen molar-refractivity contribution < 1.29 is 13.2 Å². The predicted molar refractivity (Wildman–Crippen MR) is 127 cm³/mol. The van der Waals surface area contributed by atoms with E-state index in [1.165, 1.54) is 16.2 Å². The van der Waals surface area contributed by atoms with Crippen LogP contribution in [0.15, 0.2) is 77.5 Å². The smallest absolute Gasteiger partial charge is 0.244 e. The lowest BCUT2D eigenvalue weighted by Gasteiger charge is -2.20. The molecule has 0 atom stereocenters. The number of thiazole rings is 1. The molecule has 0 aliphatic heterocycles. The van der Waals surface area contributed by atoms with E-state index in [0.29, 0.717) is 10.7 Å². The van der Waals surface area contributed by atoms with Crippen LogP contribution < -0.4 is 4.90 Å². The van der Waals surface area contributed by atoms with E-state index in [9.17, 15) is 13.2 Å². The van der Waals surface area contributed by atoms with Crippen molar-refractivity contribution >= 4 is 58.4 Å². The van der Waals surface area contributed by atoms with E-state index in [-0.39, 0.29) is 12.3 Å². The zero-order chi connectivity index (χ0) is 21.8. The molecule has 4 rings (SSSR count). The summed E-state index contributed by atoms with van der Waals surface area (Å²) in [5, 5.41) is 0.455. The number of rotatable bonds is 7. The fraction of sp³-hybridized carbons (Fsp3) is 0.136. The van der Waals surface area contributed by atoms with Crippen molar-refractivity contribution in [1.29, 1.82) is 0 Å². The minimum absolute atomic E-state index is 0.187. The lowest BCUT2D eigenvalue weighted by Crippen LogP contribution is -2.35. The first-order valence-corrected chi connectivity index (χ1v) is 12.8. The van der Waals surface area contributed by atoms with Crippen LogP contribution in [0.1, 0.15) is 11.1 Å². The Bertz CT molecular complexity index is 1310. The largest absolute Gasteiger partial charge is 0.283 e. The Hall–Kier alpha value is -2.62. The number of hydrogen-bond acceptors (Lipinski definition) is 6. The summed E-state index contributed by atoms with van der Waals surface area (Å²) >= 11 is 4.79. The summed E-state index contributed by atoms with van der Waals surface area (Å²) < 4.78 is 27.3. The second-order valence-electron chi connectivity index (χ2n) is 6.97. The van der Waals surface area contributed by atoms with E-state index >= 15 is 0 Å². The maximum absolute atomic E-state index is 13.2. The van der Waals surface area contributed by atoms with Crippen LogP contribution in [-0.4, -0.2) is 30.0 Å². The van der Waals surface area contributed by atoms with Crippen LogP contribution in [0.3, 0.4) is 0 Å². The zero-order valence-corrected chi connectivity index (χ0v) is 19.5. The number of amides is 1. The molecule has 9 heteroatoms. The number of benzene rings is 2. The van der Waals surface area contributed by atoms with Gasteiger partial charge in [-0.15, -0.1) is 0 Å². The van der Waals surface area contributed by atoms with Crippen molar-refractivity contribution in [1.82, 2.24) is 9.97 Å². The fourth-order valence-electron chi connectivity index (χ4n) is 3.08. The Labute approximate surface area is 192 Å². The van der Waals surface area contributed by atoms with E-state index in [1.54, 1.807) is 42.7 Å². The average molecular weight is 516 g/mol. The van der Waals surface area contributed by atoms with E-state index in [2.05, 4.69) is 25.9 Å². The number of pyridine rings is 1. The number of nitrogens with zero attached hydrogens (tertiary/aromatic N) is 3. The molecule has 158 valence electrons. The highest BCUT2D eigenvalue weighted by molar-refractivity contribution is 9.10. The molecule has 0 bridgehead atoms. The fourth-order valence-corrected chi connectivity index (χ4v) is 5.95. The van der Waals surface area contributed by atoms with Crippen LogP contribution in [-0.2, 0) is 26.9 Å². The van der Waals surface area contributed by atoms with Gasteiger partial charge in [-0.1, -0.05) is 63.7 Å². The van der Waals surface area contributed by atoms with Gasteiger partial charge in [0.15, 0.2) is 15.0 Å². The third-order valence-corrected chi connectivity index (χ3v) is 7.50. The van der Waals surface area contributed by atoms with Gasteiger partial charge in [0.25, 0.3) is 0 Å². The Kier molecular flexibility index (Phi) is 6.45. The standard InChI is InChI=1S/C22H18BrN3O3S2/c23-18-8-9-19-20(11-18)30-22(25-19)26(13-17-7-4-10-24-12-17)21(27)15-31(28,29)14-16-5-2-1-3-6-16/h1-12H,13-15H2. The van der Waals surface area contributed by atoms with E-state index < -0.39 is 21.5 Å². The molecule has 0 unspecified atom stereocenters. The van der Waals surface area contributed by atoms with E-state index in [1.807, 2.05) is 30.3 Å². The normalized spacial score (nSPS) is 11.5. The lowest BCUT2D eigenvalue weighted by molar-refractivity contribution is -0.116. The van der Waals surface area contributed by atoms with Crippen LogP contribution in [0.25, 0.3) is 10.2 Å². The first-order valence-electron chi connectivity index (χ1n) is 9.39. The van der Waals surface area contributed by atoms with Crippen LogP contribution in [0.2, 0.25) is 0 Å². The van der Waals surface area contributed by atoms with Crippen molar-refractivity contribution in [2.75, 3.05) is 10.7 Å². The van der Waals surface area contributed by atoms with Gasteiger partial charge in [0, 0.05) is 16.9 Å². The van der Waals surface area contributed by atoms with Crippen LogP contribution in [0.4, 0.5) is 5.13 Å². The van der Waals surface area contributed by atoms with Gasteiger partial charge < -0.3 is 0 Å². The molecule has 0 aliphatic rings. The van der Waals surface area contributed by atoms with Crippen molar-refractivity contribution in [2.24, 2.45) is 0 Å². The van der Waals surface area contributed by atoms with Crippen LogP contribution in [0.5, 0.6) is 0 Å². The summed E-state index contributed by atoms with van der Waals surface area (Å²) in [5.41, 5.74) is 2.19. The molecule has 0 aliphatic carbocycles. The number of anilines is 1. The van der Waals surface area contributed by atoms with Gasteiger partial charge in [-0.3, -0.25) is 14.7 Å².